The molecule has 0 atom stereocenters. The highest BCUT2D eigenvalue weighted by Crippen LogP contribution is 2.21. The highest BCUT2D eigenvalue weighted by Gasteiger charge is 2.17. The van der Waals surface area contributed by atoms with Crippen LogP contribution >= 0.6 is 0 Å². The van der Waals surface area contributed by atoms with E-state index in [0.717, 1.165) is 30.7 Å². The third-order valence-corrected chi connectivity index (χ3v) is 3.26. The van der Waals surface area contributed by atoms with E-state index in [1.165, 1.54) is 6.42 Å². The topological polar surface area (TPSA) is 102 Å². The van der Waals surface area contributed by atoms with Gasteiger partial charge in [-0.2, -0.15) is 0 Å². The molecule has 2 heterocycles. The van der Waals surface area contributed by atoms with E-state index in [1.807, 2.05) is 4.57 Å². The molecule has 0 bridgehead atoms. The predicted molar refractivity (Wildman–Crippen MR) is 68.3 cm³/mol. The van der Waals surface area contributed by atoms with Gasteiger partial charge in [0.2, 0.25) is 5.95 Å². The van der Waals surface area contributed by atoms with E-state index < -0.39 is 0 Å². The zero-order chi connectivity index (χ0) is 13.2. The molecule has 7 heteroatoms. The van der Waals surface area contributed by atoms with E-state index in [4.69, 9.17) is 10.9 Å². The Morgan fingerprint density at radius 2 is 2.16 bits per heavy atom. The van der Waals surface area contributed by atoms with Gasteiger partial charge in [-0.15, -0.1) is 0 Å². The van der Waals surface area contributed by atoms with Gasteiger partial charge in [0.25, 0.3) is 0 Å². The van der Waals surface area contributed by atoms with Crippen LogP contribution in [0.4, 0.5) is 0 Å². The van der Waals surface area contributed by atoms with Crippen molar-refractivity contribution in [2.24, 2.45) is 10.9 Å². The molecule has 0 unspecified atom stereocenters. The number of hydrogen-bond donors (Lipinski definition) is 2. The largest absolute Gasteiger partial charge is 0.409 e. The summed E-state index contributed by atoms with van der Waals surface area (Å²) < 4.78 is 1.88. The second-order valence-electron chi connectivity index (χ2n) is 4.44. The molecule has 2 aromatic heterocycles. The van der Waals surface area contributed by atoms with Gasteiger partial charge < -0.3 is 10.9 Å². The molecule has 3 N–H and O–H groups in total. The number of aryl methyl sites for hydroxylation is 1. The molecule has 98 valence electrons. The Labute approximate surface area is 109 Å². The van der Waals surface area contributed by atoms with E-state index in [-0.39, 0.29) is 5.84 Å². The highest BCUT2D eigenvalue weighted by molar-refractivity contribution is 5.95. The number of aromatic nitrogens is 4. The summed E-state index contributed by atoms with van der Waals surface area (Å²) >= 11 is 0. The molecule has 19 heavy (non-hydrogen) atoms. The fraction of sp³-hybridized carbons (Fsp3) is 0.333. The minimum atomic E-state index is -0.0300. The number of hydrogen-bond acceptors (Lipinski definition) is 5. The first-order chi connectivity index (χ1) is 9.29. The van der Waals surface area contributed by atoms with Crippen molar-refractivity contribution in [1.29, 1.82) is 0 Å². The maximum absolute atomic E-state index is 8.69. The lowest BCUT2D eigenvalue weighted by molar-refractivity contribution is 0.318. The van der Waals surface area contributed by atoms with Gasteiger partial charge in [-0.25, -0.2) is 15.0 Å². The molecule has 0 aliphatic heterocycles. The summed E-state index contributed by atoms with van der Waals surface area (Å²) in [5, 5.41) is 11.6. The monoisotopic (exact) mass is 258 g/mol. The molecular weight excluding hydrogens is 244 g/mol. The van der Waals surface area contributed by atoms with Crippen LogP contribution in [0.2, 0.25) is 0 Å². The van der Waals surface area contributed by atoms with Crippen molar-refractivity contribution in [2.45, 2.75) is 25.7 Å². The Balaban J connectivity index is 2.05. The predicted octanol–water partition coefficient (Wildman–Crippen LogP) is 0.636. The third kappa shape index (κ3) is 2.03. The molecular formula is C12H14N6O. The number of oxime groups is 1. The second kappa shape index (κ2) is 4.68. The van der Waals surface area contributed by atoms with Crippen molar-refractivity contribution in [3.63, 3.8) is 0 Å². The number of nitrogens with zero attached hydrogens (tertiary/aromatic N) is 5. The first kappa shape index (κ1) is 11.6. The number of fused-ring (bicyclic) bond motifs is 1. The van der Waals surface area contributed by atoms with Crippen LogP contribution in [0, 0.1) is 0 Å². The van der Waals surface area contributed by atoms with Crippen molar-refractivity contribution in [3.8, 4) is 5.95 Å². The summed E-state index contributed by atoms with van der Waals surface area (Å²) in [5.74, 6) is 0.470. The van der Waals surface area contributed by atoms with Gasteiger partial charge in [0, 0.05) is 11.9 Å². The minimum absolute atomic E-state index is 0.0300. The van der Waals surface area contributed by atoms with Crippen LogP contribution in [0.15, 0.2) is 23.7 Å². The molecule has 0 amide bonds. The smallest absolute Gasteiger partial charge is 0.235 e. The van der Waals surface area contributed by atoms with E-state index >= 15 is 0 Å². The van der Waals surface area contributed by atoms with Crippen LogP contribution in [-0.2, 0) is 12.8 Å². The minimum Gasteiger partial charge on any atom is -0.409 e. The van der Waals surface area contributed by atoms with Crippen molar-refractivity contribution in [2.75, 3.05) is 0 Å². The fourth-order valence-electron chi connectivity index (χ4n) is 2.30. The van der Waals surface area contributed by atoms with Crippen LogP contribution in [0.1, 0.15) is 29.9 Å². The van der Waals surface area contributed by atoms with Crippen molar-refractivity contribution < 1.29 is 5.21 Å². The fourth-order valence-corrected chi connectivity index (χ4v) is 2.30. The molecule has 0 spiro atoms. The van der Waals surface area contributed by atoms with Crippen LogP contribution in [0.3, 0.4) is 0 Å². The SMILES string of the molecule is N/C(=N/O)c1ccnc(-n2cnc3c2CCCC3)n1. The van der Waals surface area contributed by atoms with E-state index in [0.29, 0.717) is 11.6 Å². The molecule has 2 aromatic rings. The average Bonchev–Trinajstić information content (AvgIpc) is 2.90. The summed E-state index contributed by atoms with van der Waals surface area (Å²) in [6.07, 6.45) is 7.63. The molecule has 0 saturated heterocycles. The molecule has 3 rings (SSSR count). The Bertz CT molecular complexity index is 633. The summed E-state index contributed by atoms with van der Waals surface area (Å²) in [5.41, 5.74) is 8.20. The van der Waals surface area contributed by atoms with Crippen LogP contribution in [-0.4, -0.2) is 30.6 Å². The Hall–Kier alpha value is -2.44. The first-order valence-corrected chi connectivity index (χ1v) is 6.16. The van der Waals surface area contributed by atoms with Gasteiger partial charge in [-0.1, -0.05) is 5.16 Å². The maximum Gasteiger partial charge on any atom is 0.235 e. The zero-order valence-electron chi connectivity index (χ0n) is 10.3. The molecule has 1 aliphatic rings. The number of rotatable bonds is 2. The number of imidazole rings is 1. The van der Waals surface area contributed by atoms with Crippen LogP contribution in [0.25, 0.3) is 5.95 Å². The van der Waals surface area contributed by atoms with E-state index in [9.17, 15) is 0 Å². The molecule has 1 aliphatic carbocycles. The average molecular weight is 258 g/mol. The Morgan fingerprint density at radius 1 is 1.32 bits per heavy atom. The highest BCUT2D eigenvalue weighted by atomic mass is 16.4. The summed E-state index contributed by atoms with van der Waals surface area (Å²) in [7, 11) is 0. The van der Waals surface area contributed by atoms with Crippen molar-refractivity contribution >= 4 is 5.84 Å². The molecule has 0 aromatic carbocycles. The van der Waals surface area contributed by atoms with E-state index in [2.05, 4.69) is 20.1 Å². The first-order valence-electron chi connectivity index (χ1n) is 6.16. The molecule has 0 radical (unpaired) electrons. The van der Waals surface area contributed by atoms with Gasteiger partial charge in [0.05, 0.1) is 5.69 Å². The molecule has 0 fully saturated rings. The lowest BCUT2D eigenvalue weighted by Crippen LogP contribution is -2.17. The van der Waals surface area contributed by atoms with Crippen molar-refractivity contribution in [3.05, 3.63) is 35.7 Å². The third-order valence-electron chi connectivity index (χ3n) is 3.26. The second-order valence-corrected chi connectivity index (χ2v) is 4.44. The standard InChI is InChI=1S/C12H14N6O/c13-11(17-19)9-5-6-14-12(16-9)18-7-15-8-3-1-2-4-10(8)18/h5-7,19H,1-4H2,(H2,13,17). The van der Waals surface area contributed by atoms with Gasteiger partial charge in [-0.05, 0) is 31.7 Å². The lowest BCUT2D eigenvalue weighted by Gasteiger charge is -2.13. The normalized spacial score (nSPS) is 15.3. The number of nitrogens with two attached hydrogens (primary N) is 1. The maximum atomic E-state index is 8.69. The van der Waals surface area contributed by atoms with Crippen LogP contribution in [0.5, 0.6) is 0 Å². The zero-order valence-corrected chi connectivity index (χ0v) is 10.3. The Kier molecular flexibility index (Phi) is 2.86. The van der Waals surface area contributed by atoms with Gasteiger partial charge >= 0.3 is 0 Å². The summed E-state index contributed by atoms with van der Waals surface area (Å²) in [4.78, 5) is 12.9. The Morgan fingerprint density at radius 3 is 3.00 bits per heavy atom. The van der Waals surface area contributed by atoms with Gasteiger partial charge in [-0.3, -0.25) is 4.57 Å². The van der Waals surface area contributed by atoms with E-state index in [1.54, 1.807) is 18.6 Å². The molecule has 7 nitrogen and oxygen atoms in total. The lowest BCUT2D eigenvalue weighted by atomic mass is 10.0. The van der Waals surface area contributed by atoms with Crippen LogP contribution < -0.4 is 5.73 Å². The molecule has 0 saturated carbocycles. The number of amidine groups is 1. The summed E-state index contributed by atoms with van der Waals surface area (Å²) in [6.45, 7) is 0. The van der Waals surface area contributed by atoms with Crippen molar-refractivity contribution in [1.82, 2.24) is 19.5 Å². The summed E-state index contributed by atoms with van der Waals surface area (Å²) in [6, 6.07) is 1.60. The van der Waals surface area contributed by atoms with Gasteiger partial charge in [0.1, 0.15) is 12.0 Å². The van der Waals surface area contributed by atoms with Gasteiger partial charge in [0.15, 0.2) is 5.84 Å². The quantitative estimate of drug-likeness (QED) is 0.356.